The average Bonchev–Trinajstić information content (AvgIpc) is 2.24. The normalized spacial score (nSPS) is 10.9. The van der Waals surface area contributed by atoms with Crippen LogP contribution in [-0.4, -0.2) is 29.2 Å². The van der Waals surface area contributed by atoms with Gasteiger partial charge in [-0.25, -0.2) is 4.36 Å². The molecule has 0 fully saturated rings. The highest BCUT2D eigenvalue weighted by Gasteiger charge is 2.02. The van der Waals surface area contributed by atoms with Crippen molar-refractivity contribution in [2.24, 2.45) is 4.36 Å². The van der Waals surface area contributed by atoms with E-state index in [2.05, 4.69) is 4.36 Å². The number of benzene rings is 1. The molecule has 4 nitrogen and oxygen atoms in total. The molecule has 0 saturated carbocycles. The van der Waals surface area contributed by atoms with E-state index in [9.17, 15) is 9.00 Å². The van der Waals surface area contributed by atoms with Gasteiger partial charge in [0.2, 0.25) is 0 Å². The quantitative estimate of drug-likeness (QED) is 0.750. The average molecular weight is 241 g/mol. The van der Waals surface area contributed by atoms with Gasteiger partial charge in [0, 0.05) is 22.2 Å². The second-order valence-corrected chi connectivity index (χ2v) is 6.24. The number of ether oxygens (including phenoxy) is 1. The van der Waals surface area contributed by atoms with E-state index in [1.165, 1.54) is 12.5 Å². The number of carbonyl (C=O) groups excluding carboxylic acids is 1. The fourth-order valence-corrected chi connectivity index (χ4v) is 1.41. The third-order valence-corrected chi connectivity index (χ3v) is 2.50. The molecule has 0 aromatic heterocycles. The lowest BCUT2D eigenvalue weighted by Gasteiger charge is -2.03. The summed E-state index contributed by atoms with van der Waals surface area (Å²) in [5, 5.41) is 0. The summed E-state index contributed by atoms with van der Waals surface area (Å²) in [6.07, 6.45) is 2.97. The molecule has 1 rings (SSSR count). The Hall–Kier alpha value is -1.36. The van der Waals surface area contributed by atoms with Crippen molar-refractivity contribution in [2.75, 3.05) is 19.1 Å². The number of nitrogens with zero attached hydrogens (tertiary/aromatic N) is 1. The van der Waals surface area contributed by atoms with Gasteiger partial charge < -0.3 is 4.74 Å². The maximum atomic E-state index is 11.2. The number of hydrogen-bond donors (Lipinski definition) is 0. The van der Waals surface area contributed by atoms with Crippen molar-refractivity contribution in [3.63, 3.8) is 0 Å². The van der Waals surface area contributed by atoms with Crippen LogP contribution in [0.15, 0.2) is 34.7 Å². The van der Waals surface area contributed by atoms with Gasteiger partial charge in [0.05, 0.1) is 0 Å². The molecule has 0 heterocycles. The molecule has 1 aromatic carbocycles. The van der Waals surface area contributed by atoms with E-state index in [0.717, 1.165) is 5.56 Å². The highest BCUT2D eigenvalue weighted by Crippen LogP contribution is 2.00. The van der Waals surface area contributed by atoms with Crippen molar-refractivity contribution in [1.29, 1.82) is 0 Å². The van der Waals surface area contributed by atoms with Crippen LogP contribution in [0, 0.1) is 0 Å². The molecule has 16 heavy (non-hydrogen) atoms. The summed E-state index contributed by atoms with van der Waals surface area (Å²) in [5.41, 5.74) is 0.921. The molecule has 0 spiro atoms. The molecule has 0 radical (unpaired) electrons. The Morgan fingerprint density at radius 2 is 1.94 bits per heavy atom. The minimum atomic E-state index is -2.23. The summed E-state index contributed by atoms with van der Waals surface area (Å²) in [6.45, 7) is 0.0719. The van der Waals surface area contributed by atoms with E-state index in [-0.39, 0.29) is 13.2 Å². The van der Waals surface area contributed by atoms with Crippen LogP contribution in [0.2, 0.25) is 0 Å². The van der Waals surface area contributed by atoms with Gasteiger partial charge in [-0.05, 0) is 5.56 Å². The maximum absolute atomic E-state index is 11.2. The van der Waals surface area contributed by atoms with Crippen LogP contribution in [0.5, 0.6) is 0 Å². The first-order valence-electron chi connectivity index (χ1n) is 4.80. The fraction of sp³-hybridized carbons (Fsp3) is 0.364. The van der Waals surface area contributed by atoms with E-state index in [4.69, 9.17) is 4.74 Å². The highest BCUT2D eigenvalue weighted by atomic mass is 32.2. The van der Waals surface area contributed by atoms with Gasteiger partial charge in [-0.15, -0.1) is 0 Å². The lowest BCUT2D eigenvalue weighted by molar-refractivity contribution is -0.143. The van der Waals surface area contributed by atoms with Gasteiger partial charge in [-0.1, -0.05) is 30.3 Å². The SMILES string of the molecule is CS(C)(=O)=NCC(=O)OCc1ccccc1. The number of carbonyl (C=O) groups is 1. The Balaban J connectivity index is 2.40. The molecule has 0 saturated heterocycles. The topological polar surface area (TPSA) is 55.7 Å². The van der Waals surface area contributed by atoms with Crippen molar-refractivity contribution in [3.8, 4) is 0 Å². The van der Waals surface area contributed by atoms with Gasteiger partial charge in [0.25, 0.3) is 0 Å². The first-order valence-corrected chi connectivity index (χ1v) is 7.13. The van der Waals surface area contributed by atoms with Crippen LogP contribution in [-0.2, 0) is 25.9 Å². The fourth-order valence-electron chi connectivity index (χ4n) is 0.992. The van der Waals surface area contributed by atoms with Crippen LogP contribution in [0.3, 0.4) is 0 Å². The van der Waals surface area contributed by atoms with Crippen molar-refractivity contribution in [1.82, 2.24) is 0 Å². The largest absolute Gasteiger partial charge is 0.459 e. The van der Waals surface area contributed by atoms with Crippen LogP contribution >= 0.6 is 0 Å². The molecule has 0 aliphatic heterocycles. The van der Waals surface area contributed by atoms with Crippen molar-refractivity contribution in [2.45, 2.75) is 6.61 Å². The smallest absolute Gasteiger partial charge is 0.328 e. The van der Waals surface area contributed by atoms with Gasteiger partial charge in [0.1, 0.15) is 13.2 Å². The van der Waals surface area contributed by atoms with E-state index >= 15 is 0 Å². The zero-order chi connectivity index (χ0) is 12.0. The zero-order valence-corrected chi connectivity index (χ0v) is 10.2. The summed E-state index contributed by atoms with van der Waals surface area (Å²) in [6, 6.07) is 9.38. The molecule has 0 aliphatic carbocycles. The van der Waals surface area contributed by atoms with Crippen molar-refractivity contribution in [3.05, 3.63) is 35.9 Å². The van der Waals surface area contributed by atoms with E-state index in [1.54, 1.807) is 0 Å². The maximum Gasteiger partial charge on any atom is 0.328 e. The molecule has 0 bridgehead atoms. The Morgan fingerprint density at radius 3 is 2.50 bits per heavy atom. The van der Waals surface area contributed by atoms with E-state index in [0.29, 0.717) is 0 Å². The van der Waals surface area contributed by atoms with Crippen LogP contribution in [0.4, 0.5) is 0 Å². The van der Waals surface area contributed by atoms with Crippen molar-refractivity contribution < 1.29 is 13.7 Å². The zero-order valence-electron chi connectivity index (χ0n) is 9.38. The predicted octanol–water partition coefficient (Wildman–Crippen LogP) is 1.46. The number of rotatable bonds is 4. The van der Waals surface area contributed by atoms with Gasteiger partial charge >= 0.3 is 5.97 Å². The second kappa shape index (κ2) is 5.65. The summed E-state index contributed by atoms with van der Waals surface area (Å²) >= 11 is 0. The second-order valence-electron chi connectivity index (χ2n) is 3.61. The number of esters is 1. The number of hydrogen-bond acceptors (Lipinski definition) is 4. The Morgan fingerprint density at radius 1 is 1.31 bits per heavy atom. The molecule has 0 amide bonds. The standard InChI is InChI=1S/C11H15NO3S/c1-16(2,14)12-8-11(13)15-9-10-6-4-3-5-7-10/h3-7H,8-9H2,1-2H3. The minimum absolute atomic E-state index is 0.154. The molecule has 88 valence electrons. The van der Waals surface area contributed by atoms with Crippen molar-refractivity contribution >= 4 is 15.7 Å². The molecular weight excluding hydrogens is 226 g/mol. The molecule has 5 heteroatoms. The third-order valence-electron chi connectivity index (χ3n) is 1.75. The van der Waals surface area contributed by atoms with E-state index in [1.807, 2.05) is 30.3 Å². The Bertz CT molecular complexity index is 453. The summed E-state index contributed by atoms with van der Waals surface area (Å²) in [7, 11) is -2.23. The summed E-state index contributed by atoms with van der Waals surface area (Å²) in [5.74, 6) is -0.458. The first-order chi connectivity index (χ1) is 7.47. The molecule has 0 atom stereocenters. The lowest BCUT2D eigenvalue weighted by Crippen LogP contribution is -2.09. The minimum Gasteiger partial charge on any atom is -0.459 e. The monoisotopic (exact) mass is 241 g/mol. The Kier molecular flexibility index (Phi) is 4.49. The molecule has 0 aliphatic rings. The Labute approximate surface area is 95.8 Å². The first kappa shape index (κ1) is 12.7. The highest BCUT2D eigenvalue weighted by molar-refractivity contribution is 7.92. The van der Waals surface area contributed by atoms with Crippen LogP contribution in [0.1, 0.15) is 5.56 Å². The summed E-state index contributed by atoms with van der Waals surface area (Å²) < 4.78 is 19.9. The molecule has 0 N–H and O–H groups in total. The summed E-state index contributed by atoms with van der Waals surface area (Å²) in [4.78, 5) is 11.2. The van der Waals surface area contributed by atoms with Gasteiger partial charge in [-0.2, -0.15) is 0 Å². The van der Waals surface area contributed by atoms with Gasteiger partial charge in [-0.3, -0.25) is 9.00 Å². The van der Waals surface area contributed by atoms with Crippen LogP contribution in [0.25, 0.3) is 0 Å². The van der Waals surface area contributed by atoms with Gasteiger partial charge in [0.15, 0.2) is 0 Å². The molecule has 0 unspecified atom stereocenters. The van der Waals surface area contributed by atoms with E-state index < -0.39 is 15.7 Å². The molecular formula is C11H15NO3S. The third kappa shape index (κ3) is 5.50. The lowest BCUT2D eigenvalue weighted by atomic mass is 10.2. The van der Waals surface area contributed by atoms with Crippen LogP contribution < -0.4 is 0 Å². The predicted molar refractivity (Wildman–Crippen MR) is 63.5 cm³/mol. The molecule has 1 aromatic rings.